The molecule has 0 atom stereocenters. The van der Waals surface area contributed by atoms with Crippen LogP contribution in [0.25, 0.3) is 0 Å². The molecule has 1 aromatic carbocycles. The monoisotopic (exact) mass is 341 g/mol. The number of carbonyl (C=O) groups excluding carboxylic acids is 1. The molecular formula is C10H10ClFINO. The second kappa shape index (κ2) is 5.12. The van der Waals surface area contributed by atoms with E-state index in [2.05, 4.69) is 5.32 Å². The van der Waals surface area contributed by atoms with Crippen LogP contribution in [0.15, 0.2) is 12.1 Å². The van der Waals surface area contributed by atoms with Crippen LogP contribution in [0.1, 0.15) is 24.2 Å². The molecule has 0 aliphatic heterocycles. The van der Waals surface area contributed by atoms with Crippen molar-refractivity contribution >= 4 is 40.1 Å². The summed E-state index contributed by atoms with van der Waals surface area (Å²) in [4.78, 5) is 11.6. The third-order valence-electron chi connectivity index (χ3n) is 1.69. The first-order valence-electron chi connectivity index (χ1n) is 4.38. The zero-order valence-electron chi connectivity index (χ0n) is 8.27. The molecule has 0 spiro atoms. The van der Waals surface area contributed by atoms with Crippen molar-refractivity contribution < 1.29 is 9.18 Å². The molecule has 1 aromatic rings. The van der Waals surface area contributed by atoms with Crippen LogP contribution in [0.3, 0.4) is 0 Å². The van der Waals surface area contributed by atoms with Gasteiger partial charge in [-0.2, -0.15) is 0 Å². The summed E-state index contributed by atoms with van der Waals surface area (Å²) < 4.78 is 14.0. The van der Waals surface area contributed by atoms with E-state index in [1.165, 1.54) is 12.1 Å². The molecule has 0 aliphatic carbocycles. The smallest absolute Gasteiger partial charge is 0.256 e. The van der Waals surface area contributed by atoms with E-state index in [1.54, 1.807) is 13.8 Å². The fourth-order valence-electron chi connectivity index (χ4n) is 1.07. The van der Waals surface area contributed by atoms with E-state index in [0.717, 1.165) is 0 Å². The lowest BCUT2D eigenvalue weighted by molar-refractivity contribution is 0.0939. The number of carbonyl (C=O) groups is 1. The van der Waals surface area contributed by atoms with Gasteiger partial charge in [0.1, 0.15) is 5.82 Å². The Labute approximate surface area is 106 Å². The summed E-state index contributed by atoms with van der Waals surface area (Å²) in [6.45, 7) is 3.61. The third kappa shape index (κ3) is 3.04. The van der Waals surface area contributed by atoms with Crippen LogP contribution in [0.4, 0.5) is 4.39 Å². The molecule has 0 heterocycles. The fourth-order valence-corrected chi connectivity index (χ4v) is 1.76. The number of hydrogen-bond donors (Lipinski definition) is 1. The lowest BCUT2D eigenvalue weighted by Gasteiger charge is -2.10. The Balaban J connectivity index is 3.13. The van der Waals surface area contributed by atoms with Gasteiger partial charge >= 0.3 is 0 Å². The highest BCUT2D eigenvalue weighted by Crippen LogP contribution is 2.25. The topological polar surface area (TPSA) is 29.1 Å². The molecule has 0 fully saturated rings. The molecule has 1 N–H and O–H groups in total. The van der Waals surface area contributed by atoms with Crippen LogP contribution >= 0.6 is 34.2 Å². The molecule has 0 bridgehead atoms. The van der Waals surface area contributed by atoms with Gasteiger partial charge in [-0.15, -0.1) is 0 Å². The Morgan fingerprint density at radius 1 is 1.53 bits per heavy atom. The Hall–Kier alpha value is -0.360. The second-order valence-corrected chi connectivity index (χ2v) is 4.89. The molecule has 1 amide bonds. The number of benzene rings is 1. The van der Waals surface area contributed by atoms with Gasteiger partial charge in [0.15, 0.2) is 0 Å². The maximum Gasteiger partial charge on any atom is 0.256 e. The maximum atomic E-state index is 13.4. The third-order valence-corrected chi connectivity index (χ3v) is 3.30. The maximum absolute atomic E-state index is 13.4. The molecule has 0 unspecified atom stereocenters. The summed E-state index contributed by atoms with van der Waals surface area (Å²) in [5, 5.41) is 2.76. The number of amides is 1. The molecule has 0 aromatic heterocycles. The Morgan fingerprint density at radius 3 is 2.67 bits per heavy atom. The average molecular weight is 342 g/mol. The van der Waals surface area contributed by atoms with Gasteiger partial charge in [0.25, 0.3) is 5.91 Å². The largest absolute Gasteiger partial charge is 0.350 e. The fraction of sp³-hybridized carbons (Fsp3) is 0.300. The highest BCUT2D eigenvalue weighted by Gasteiger charge is 2.18. The second-order valence-electron chi connectivity index (χ2n) is 3.35. The van der Waals surface area contributed by atoms with E-state index in [4.69, 9.17) is 11.6 Å². The van der Waals surface area contributed by atoms with Crippen molar-refractivity contribution in [1.29, 1.82) is 0 Å². The zero-order valence-corrected chi connectivity index (χ0v) is 11.2. The van der Waals surface area contributed by atoms with Crippen LogP contribution in [-0.4, -0.2) is 11.9 Å². The van der Waals surface area contributed by atoms with Gasteiger partial charge in [-0.3, -0.25) is 4.79 Å². The lowest BCUT2D eigenvalue weighted by Crippen LogP contribution is -2.31. The first-order chi connectivity index (χ1) is 6.93. The zero-order chi connectivity index (χ0) is 11.6. The Kier molecular flexibility index (Phi) is 4.33. The predicted octanol–water partition coefficient (Wildman–Crippen LogP) is 3.22. The summed E-state index contributed by atoms with van der Waals surface area (Å²) in [6, 6.07) is 2.72. The van der Waals surface area contributed by atoms with Gasteiger partial charge in [-0.05, 0) is 48.6 Å². The van der Waals surface area contributed by atoms with Gasteiger partial charge in [-0.1, -0.05) is 11.6 Å². The van der Waals surface area contributed by atoms with E-state index >= 15 is 0 Å². The normalized spacial score (nSPS) is 10.5. The highest BCUT2D eigenvalue weighted by molar-refractivity contribution is 14.1. The van der Waals surface area contributed by atoms with Crippen molar-refractivity contribution in [3.8, 4) is 0 Å². The van der Waals surface area contributed by atoms with Crippen molar-refractivity contribution in [3.63, 3.8) is 0 Å². The van der Waals surface area contributed by atoms with Crippen molar-refractivity contribution in [2.45, 2.75) is 19.9 Å². The SMILES string of the molecule is CC(C)NC(=O)c1c(F)ccc(I)c1Cl. The molecule has 0 saturated carbocycles. The Morgan fingerprint density at radius 2 is 2.13 bits per heavy atom. The van der Waals surface area contributed by atoms with Crippen LogP contribution < -0.4 is 5.32 Å². The molecule has 2 nitrogen and oxygen atoms in total. The standard InChI is InChI=1S/C10H10ClFINO/c1-5(2)14-10(15)8-6(12)3-4-7(13)9(8)11/h3-5H,1-2H3,(H,14,15). The number of rotatable bonds is 2. The lowest BCUT2D eigenvalue weighted by atomic mass is 10.2. The van der Waals surface area contributed by atoms with E-state index in [0.29, 0.717) is 3.57 Å². The minimum absolute atomic E-state index is 0.0502. The quantitative estimate of drug-likeness (QED) is 0.649. The molecule has 0 radical (unpaired) electrons. The molecule has 15 heavy (non-hydrogen) atoms. The summed E-state index contributed by atoms with van der Waals surface area (Å²) in [5.74, 6) is -1.08. The van der Waals surface area contributed by atoms with Crippen LogP contribution in [0.2, 0.25) is 5.02 Å². The first kappa shape index (κ1) is 12.7. The summed E-state index contributed by atoms with van der Waals surface area (Å²) >= 11 is 7.82. The molecule has 82 valence electrons. The van der Waals surface area contributed by atoms with E-state index in [9.17, 15) is 9.18 Å². The minimum atomic E-state index is -0.599. The van der Waals surface area contributed by atoms with Crippen molar-refractivity contribution in [2.24, 2.45) is 0 Å². The summed E-state index contributed by atoms with van der Waals surface area (Å²) in [7, 11) is 0. The van der Waals surface area contributed by atoms with Gasteiger partial charge in [-0.25, -0.2) is 4.39 Å². The van der Waals surface area contributed by atoms with Crippen LogP contribution in [0, 0.1) is 9.39 Å². The van der Waals surface area contributed by atoms with Crippen LogP contribution in [0.5, 0.6) is 0 Å². The predicted molar refractivity (Wildman–Crippen MR) is 66.7 cm³/mol. The molecule has 0 aliphatic rings. The molecular weight excluding hydrogens is 331 g/mol. The summed E-state index contributed by atoms with van der Waals surface area (Å²) in [6.07, 6.45) is 0. The first-order valence-corrected chi connectivity index (χ1v) is 5.83. The van der Waals surface area contributed by atoms with E-state index in [1.807, 2.05) is 22.6 Å². The average Bonchev–Trinajstić information content (AvgIpc) is 2.11. The number of nitrogens with one attached hydrogen (secondary N) is 1. The van der Waals surface area contributed by atoms with Gasteiger partial charge < -0.3 is 5.32 Å². The van der Waals surface area contributed by atoms with E-state index in [-0.39, 0.29) is 16.6 Å². The van der Waals surface area contributed by atoms with Crippen molar-refractivity contribution in [3.05, 3.63) is 32.1 Å². The minimum Gasteiger partial charge on any atom is -0.350 e. The van der Waals surface area contributed by atoms with Gasteiger partial charge in [0.05, 0.1) is 10.6 Å². The number of hydrogen-bond acceptors (Lipinski definition) is 1. The van der Waals surface area contributed by atoms with E-state index < -0.39 is 11.7 Å². The highest BCUT2D eigenvalue weighted by atomic mass is 127. The van der Waals surface area contributed by atoms with Gasteiger partial charge in [0, 0.05) is 9.61 Å². The van der Waals surface area contributed by atoms with Crippen molar-refractivity contribution in [2.75, 3.05) is 0 Å². The molecule has 0 saturated heterocycles. The summed E-state index contributed by atoms with van der Waals surface area (Å²) in [5.41, 5.74) is -0.0859. The number of halogens is 3. The van der Waals surface area contributed by atoms with Crippen LogP contribution in [-0.2, 0) is 0 Å². The Bertz CT molecular complexity index is 395. The molecule has 1 rings (SSSR count). The van der Waals surface area contributed by atoms with Gasteiger partial charge in [0.2, 0.25) is 0 Å². The molecule has 5 heteroatoms. The van der Waals surface area contributed by atoms with Crippen molar-refractivity contribution in [1.82, 2.24) is 5.32 Å².